The first-order valence-corrected chi connectivity index (χ1v) is 7.63. The molecule has 0 amide bonds. The summed E-state index contributed by atoms with van der Waals surface area (Å²) in [6.07, 6.45) is 10.5. The predicted molar refractivity (Wildman–Crippen MR) is 79.3 cm³/mol. The third-order valence-corrected chi connectivity index (χ3v) is 3.90. The van der Waals surface area contributed by atoms with Crippen LogP contribution in [0.15, 0.2) is 12.4 Å². The van der Waals surface area contributed by atoms with E-state index in [1.54, 1.807) is 0 Å². The summed E-state index contributed by atoms with van der Waals surface area (Å²) >= 11 is 0. The van der Waals surface area contributed by atoms with Crippen molar-refractivity contribution in [3.05, 3.63) is 18.1 Å². The molecule has 0 unspecified atom stereocenters. The molecule has 0 bridgehead atoms. The molecule has 0 saturated heterocycles. The van der Waals surface area contributed by atoms with Crippen LogP contribution in [0.25, 0.3) is 0 Å². The minimum absolute atomic E-state index is 0.660. The molecule has 19 heavy (non-hydrogen) atoms. The van der Waals surface area contributed by atoms with E-state index in [1.165, 1.54) is 32.1 Å². The van der Waals surface area contributed by atoms with E-state index in [2.05, 4.69) is 34.0 Å². The lowest BCUT2D eigenvalue weighted by molar-refractivity contribution is 0.416. The van der Waals surface area contributed by atoms with Gasteiger partial charge in [-0.05, 0) is 26.3 Å². The van der Waals surface area contributed by atoms with Gasteiger partial charge in [-0.15, -0.1) is 0 Å². The van der Waals surface area contributed by atoms with Crippen LogP contribution in [0.5, 0.6) is 0 Å². The second-order valence-corrected chi connectivity index (χ2v) is 5.22. The van der Waals surface area contributed by atoms with Gasteiger partial charge in [-0.3, -0.25) is 4.98 Å². The van der Waals surface area contributed by atoms with E-state index in [9.17, 15) is 0 Å². The summed E-state index contributed by atoms with van der Waals surface area (Å²) in [5, 5.41) is 3.27. The average molecular weight is 262 g/mol. The minimum atomic E-state index is 0.660. The molecular formula is C15H26N4. The van der Waals surface area contributed by atoms with E-state index in [0.29, 0.717) is 6.04 Å². The molecule has 1 aromatic heterocycles. The first-order chi connectivity index (χ1) is 9.35. The van der Waals surface area contributed by atoms with Crippen LogP contribution in [-0.4, -0.2) is 29.1 Å². The van der Waals surface area contributed by atoms with E-state index < -0.39 is 0 Å². The first kappa shape index (κ1) is 14.3. The standard InChI is InChI=1S/C15H26N4/c1-3-16-10-13-11-18-15(12-17-13)19(4-2)14-8-6-5-7-9-14/h11-12,14,16H,3-10H2,1-2H3. The highest BCUT2D eigenvalue weighted by Gasteiger charge is 2.21. The van der Waals surface area contributed by atoms with Gasteiger partial charge in [0.25, 0.3) is 0 Å². The molecule has 0 aromatic carbocycles. The van der Waals surface area contributed by atoms with Crippen LogP contribution >= 0.6 is 0 Å². The molecule has 1 fully saturated rings. The Morgan fingerprint density at radius 3 is 2.53 bits per heavy atom. The molecule has 4 heteroatoms. The van der Waals surface area contributed by atoms with Crippen LogP contribution in [0, 0.1) is 0 Å². The summed E-state index contributed by atoms with van der Waals surface area (Å²) < 4.78 is 0. The van der Waals surface area contributed by atoms with Crippen molar-refractivity contribution < 1.29 is 0 Å². The van der Waals surface area contributed by atoms with Crippen molar-refractivity contribution in [1.82, 2.24) is 15.3 Å². The summed E-state index contributed by atoms with van der Waals surface area (Å²) in [6.45, 7) is 7.10. The lowest BCUT2D eigenvalue weighted by atomic mass is 9.94. The number of nitrogens with one attached hydrogen (secondary N) is 1. The largest absolute Gasteiger partial charge is 0.353 e. The van der Waals surface area contributed by atoms with Gasteiger partial charge in [0.15, 0.2) is 0 Å². The number of anilines is 1. The monoisotopic (exact) mass is 262 g/mol. The highest BCUT2D eigenvalue weighted by Crippen LogP contribution is 2.25. The predicted octanol–water partition coefficient (Wildman–Crippen LogP) is 2.75. The maximum atomic E-state index is 4.60. The van der Waals surface area contributed by atoms with Gasteiger partial charge in [-0.25, -0.2) is 4.98 Å². The molecule has 2 rings (SSSR count). The maximum Gasteiger partial charge on any atom is 0.147 e. The van der Waals surface area contributed by atoms with Crippen molar-refractivity contribution in [1.29, 1.82) is 0 Å². The molecule has 0 radical (unpaired) electrons. The van der Waals surface area contributed by atoms with Crippen LogP contribution in [0.1, 0.15) is 51.6 Å². The number of aromatic nitrogens is 2. The third-order valence-electron chi connectivity index (χ3n) is 3.90. The Labute approximate surface area is 116 Å². The Bertz CT molecular complexity index is 357. The zero-order valence-electron chi connectivity index (χ0n) is 12.2. The molecule has 1 aliphatic rings. The highest BCUT2D eigenvalue weighted by atomic mass is 15.2. The summed E-state index contributed by atoms with van der Waals surface area (Å²) in [7, 11) is 0. The van der Waals surface area contributed by atoms with Gasteiger partial charge in [0, 0.05) is 19.1 Å². The van der Waals surface area contributed by atoms with Crippen LogP contribution in [0.4, 0.5) is 5.82 Å². The van der Waals surface area contributed by atoms with Crippen molar-refractivity contribution in [3.63, 3.8) is 0 Å². The molecule has 0 aliphatic heterocycles. The Hall–Kier alpha value is -1.16. The van der Waals surface area contributed by atoms with E-state index in [0.717, 1.165) is 31.1 Å². The smallest absolute Gasteiger partial charge is 0.147 e. The minimum Gasteiger partial charge on any atom is -0.353 e. The van der Waals surface area contributed by atoms with Gasteiger partial charge in [-0.1, -0.05) is 26.2 Å². The summed E-state index contributed by atoms with van der Waals surface area (Å²) in [4.78, 5) is 11.5. The average Bonchev–Trinajstić information content (AvgIpc) is 2.48. The van der Waals surface area contributed by atoms with Gasteiger partial charge in [-0.2, -0.15) is 0 Å². The van der Waals surface area contributed by atoms with Gasteiger partial charge in [0.2, 0.25) is 0 Å². The number of rotatable bonds is 6. The Morgan fingerprint density at radius 2 is 1.95 bits per heavy atom. The molecule has 1 saturated carbocycles. The quantitative estimate of drug-likeness (QED) is 0.856. The fourth-order valence-electron chi connectivity index (χ4n) is 2.84. The Kier molecular flexibility index (Phi) is 5.58. The van der Waals surface area contributed by atoms with Crippen LogP contribution in [0.2, 0.25) is 0 Å². The lowest BCUT2D eigenvalue weighted by Gasteiger charge is -2.34. The van der Waals surface area contributed by atoms with Crippen molar-refractivity contribution in [2.24, 2.45) is 0 Å². The summed E-state index contributed by atoms with van der Waals surface area (Å²) in [6, 6.07) is 0.660. The lowest BCUT2D eigenvalue weighted by Crippen LogP contribution is -2.37. The van der Waals surface area contributed by atoms with Gasteiger partial charge >= 0.3 is 0 Å². The molecule has 0 atom stereocenters. The van der Waals surface area contributed by atoms with Gasteiger partial charge in [0.05, 0.1) is 18.1 Å². The molecule has 0 spiro atoms. The summed E-state index contributed by atoms with van der Waals surface area (Å²) in [5.74, 6) is 1.04. The van der Waals surface area contributed by atoms with E-state index >= 15 is 0 Å². The topological polar surface area (TPSA) is 41.1 Å². The van der Waals surface area contributed by atoms with Crippen molar-refractivity contribution in [2.45, 2.75) is 58.5 Å². The zero-order chi connectivity index (χ0) is 13.5. The molecule has 106 valence electrons. The van der Waals surface area contributed by atoms with E-state index in [1.807, 2.05) is 12.4 Å². The number of hydrogen-bond donors (Lipinski definition) is 1. The Balaban J connectivity index is 2.01. The first-order valence-electron chi connectivity index (χ1n) is 7.63. The fourth-order valence-corrected chi connectivity index (χ4v) is 2.84. The second kappa shape index (κ2) is 7.43. The fraction of sp³-hybridized carbons (Fsp3) is 0.733. The zero-order valence-corrected chi connectivity index (χ0v) is 12.2. The summed E-state index contributed by atoms with van der Waals surface area (Å²) in [5.41, 5.74) is 1.02. The van der Waals surface area contributed by atoms with Gasteiger partial charge in [0.1, 0.15) is 5.82 Å². The van der Waals surface area contributed by atoms with Crippen LogP contribution in [-0.2, 0) is 6.54 Å². The van der Waals surface area contributed by atoms with Crippen LogP contribution in [0.3, 0.4) is 0 Å². The van der Waals surface area contributed by atoms with E-state index in [4.69, 9.17) is 0 Å². The third kappa shape index (κ3) is 3.90. The van der Waals surface area contributed by atoms with Crippen molar-refractivity contribution in [3.8, 4) is 0 Å². The molecule has 1 N–H and O–H groups in total. The Morgan fingerprint density at radius 1 is 1.16 bits per heavy atom. The van der Waals surface area contributed by atoms with Crippen molar-refractivity contribution in [2.75, 3.05) is 18.0 Å². The number of hydrogen-bond acceptors (Lipinski definition) is 4. The molecule has 1 aliphatic carbocycles. The molecular weight excluding hydrogens is 236 g/mol. The second-order valence-electron chi connectivity index (χ2n) is 5.22. The molecule has 4 nitrogen and oxygen atoms in total. The van der Waals surface area contributed by atoms with Gasteiger partial charge < -0.3 is 10.2 Å². The van der Waals surface area contributed by atoms with Crippen LogP contribution < -0.4 is 10.2 Å². The molecule has 1 aromatic rings. The molecule has 1 heterocycles. The van der Waals surface area contributed by atoms with Crippen molar-refractivity contribution >= 4 is 5.82 Å². The normalized spacial score (nSPS) is 16.5. The van der Waals surface area contributed by atoms with E-state index in [-0.39, 0.29) is 0 Å². The maximum absolute atomic E-state index is 4.60. The highest BCUT2D eigenvalue weighted by molar-refractivity contribution is 5.37. The SMILES string of the molecule is CCNCc1cnc(N(CC)C2CCCCC2)cn1. The number of nitrogens with zero attached hydrogens (tertiary/aromatic N) is 3.